The highest BCUT2D eigenvalue weighted by atomic mass is 35.5. The quantitative estimate of drug-likeness (QED) is 0.207. The van der Waals surface area contributed by atoms with E-state index in [0.29, 0.717) is 19.3 Å². The van der Waals surface area contributed by atoms with E-state index in [0.717, 1.165) is 6.07 Å². The zero-order chi connectivity index (χ0) is 21.0. The second-order valence-corrected chi connectivity index (χ2v) is 7.01. The monoisotopic (exact) mass is 424 g/mol. The maximum absolute atomic E-state index is 13.3. The molecule has 0 radical (unpaired) electrons. The number of hydrogen-bond acceptors (Lipinski definition) is 8. The molecule has 0 bridgehead atoms. The fourth-order valence-corrected chi connectivity index (χ4v) is 3.00. The van der Waals surface area contributed by atoms with Crippen LogP contribution in [0.5, 0.6) is 5.88 Å². The first kappa shape index (κ1) is 20.9. The zero-order valence-electron chi connectivity index (χ0n) is 15.4. The third-order valence-electron chi connectivity index (χ3n) is 4.68. The van der Waals surface area contributed by atoms with E-state index in [4.69, 9.17) is 16.3 Å². The molecule has 2 aromatic rings. The molecule has 0 atom stereocenters. The Hall–Kier alpha value is -2.85. The normalized spacial score (nSPS) is 15.1. The van der Waals surface area contributed by atoms with Gasteiger partial charge in [-0.3, -0.25) is 20.3 Å². The number of ketones is 2. The van der Waals surface area contributed by atoms with Crippen molar-refractivity contribution in [1.82, 2.24) is 15.8 Å². The molecule has 1 aliphatic carbocycles. The number of nitrogens with one attached hydrogen (secondary N) is 1. The summed E-state index contributed by atoms with van der Waals surface area (Å²) in [6, 6.07) is 3.73. The summed E-state index contributed by atoms with van der Waals surface area (Å²) in [6.07, 6.45) is 1.78. The second-order valence-electron chi connectivity index (χ2n) is 6.60. The molecular weight excluding hydrogens is 407 g/mol. The standard InChI is InChI=1S/C18H18ClFN4O5/c1-10(25)18(6-7-18)14(26)3-2-8-28-17-15(23-29-24-17)16(22-27)21-11-4-5-13(20)12(19)9-11/h4-5,9,27H,2-3,6-8H2,1H3,(H,21,22). The van der Waals surface area contributed by atoms with Gasteiger partial charge < -0.3 is 4.74 Å². The molecule has 3 rings (SSSR count). The van der Waals surface area contributed by atoms with Crippen LogP contribution in [0.1, 0.15) is 38.3 Å². The molecule has 0 saturated heterocycles. The molecule has 1 saturated carbocycles. The highest BCUT2D eigenvalue weighted by molar-refractivity contribution is 6.31. The van der Waals surface area contributed by atoms with Gasteiger partial charge >= 0.3 is 0 Å². The van der Waals surface area contributed by atoms with Crippen molar-refractivity contribution in [2.75, 3.05) is 6.61 Å². The average Bonchev–Trinajstić information content (AvgIpc) is 3.39. The Morgan fingerprint density at radius 2 is 2.17 bits per heavy atom. The van der Waals surface area contributed by atoms with Crippen LogP contribution >= 0.6 is 11.6 Å². The van der Waals surface area contributed by atoms with Gasteiger partial charge in [-0.05, 0) is 54.7 Å². The van der Waals surface area contributed by atoms with Crippen molar-refractivity contribution in [3.05, 3.63) is 34.7 Å². The van der Waals surface area contributed by atoms with Gasteiger partial charge in [-0.25, -0.2) is 14.0 Å². The van der Waals surface area contributed by atoms with E-state index in [1.165, 1.54) is 19.1 Å². The number of benzene rings is 1. The Morgan fingerprint density at radius 1 is 1.41 bits per heavy atom. The van der Waals surface area contributed by atoms with Crippen molar-refractivity contribution in [2.24, 2.45) is 10.4 Å². The van der Waals surface area contributed by atoms with Crippen molar-refractivity contribution >= 4 is 34.7 Å². The number of rotatable bonds is 9. The minimum atomic E-state index is -0.794. The molecule has 1 aromatic heterocycles. The summed E-state index contributed by atoms with van der Waals surface area (Å²) in [5.74, 6) is -1.00. The third-order valence-corrected chi connectivity index (χ3v) is 4.97. The molecular formula is C18H18ClFN4O5. The molecule has 1 aromatic carbocycles. The molecule has 0 amide bonds. The maximum Gasteiger partial charge on any atom is 0.287 e. The number of aromatic nitrogens is 2. The van der Waals surface area contributed by atoms with Crippen LogP contribution in [-0.4, -0.2) is 39.5 Å². The molecule has 0 unspecified atom stereocenters. The van der Waals surface area contributed by atoms with E-state index in [-0.39, 0.29) is 52.7 Å². The SMILES string of the molecule is CC(=O)C1(C(=O)CCCOc2nonc2C(=Nc2ccc(F)c(Cl)c2)NO)CC1. The minimum absolute atomic E-state index is 0.0262. The molecule has 29 heavy (non-hydrogen) atoms. The maximum atomic E-state index is 13.3. The Labute approximate surface area is 169 Å². The van der Waals surface area contributed by atoms with Crippen LogP contribution in [0.25, 0.3) is 0 Å². The van der Waals surface area contributed by atoms with Gasteiger partial charge in [0.05, 0.1) is 22.7 Å². The van der Waals surface area contributed by atoms with Crippen LogP contribution in [-0.2, 0) is 9.59 Å². The van der Waals surface area contributed by atoms with E-state index in [9.17, 15) is 19.2 Å². The summed E-state index contributed by atoms with van der Waals surface area (Å²) in [6.45, 7) is 1.55. The van der Waals surface area contributed by atoms with Gasteiger partial charge in [0.1, 0.15) is 17.4 Å². The van der Waals surface area contributed by atoms with Crippen molar-refractivity contribution in [3.8, 4) is 5.88 Å². The first-order valence-corrected chi connectivity index (χ1v) is 9.19. The number of amidine groups is 1. The third kappa shape index (κ3) is 4.60. The van der Waals surface area contributed by atoms with Gasteiger partial charge in [0.2, 0.25) is 5.69 Å². The van der Waals surface area contributed by atoms with Crippen LogP contribution < -0.4 is 10.2 Å². The lowest BCUT2D eigenvalue weighted by Crippen LogP contribution is -2.24. The second kappa shape index (κ2) is 8.66. The minimum Gasteiger partial charge on any atom is -0.474 e. The van der Waals surface area contributed by atoms with Crippen LogP contribution in [0.3, 0.4) is 0 Å². The van der Waals surface area contributed by atoms with Crippen LogP contribution in [0.2, 0.25) is 5.02 Å². The lowest BCUT2D eigenvalue weighted by atomic mass is 9.93. The Bertz CT molecular complexity index is 957. The Morgan fingerprint density at radius 3 is 2.79 bits per heavy atom. The number of hydrogen-bond donors (Lipinski definition) is 2. The van der Waals surface area contributed by atoms with Gasteiger partial charge in [0, 0.05) is 6.42 Å². The summed E-state index contributed by atoms with van der Waals surface area (Å²) in [4.78, 5) is 27.8. The number of aliphatic imine (C=N–C) groups is 1. The smallest absolute Gasteiger partial charge is 0.287 e. The summed E-state index contributed by atoms with van der Waals surface area (Å²) in [5, 5.41) is 16.5. The molecule has 11 heteroatoms. The number of hydroxylamine groups is 1. The van der Waals surface area contributed by atoms with E-state index in [2.05, 4.69) is 19.9 Å². The van der Waals surface area contributed by atoms with Crippen molar-refractivity contribution in [2.45, 2.75) is 32.6 Å². The average molecular weight is 425 g/mol. The summed E-state index contributed by atoms with van der Waals surface area (Å²) in [7, 11) is 0. The molecule has 1 fully saturated rings. The van der Waals surface area contributed by atoms with Crippen molar-refractivity contribution in [1.29, 1.82) is 0 Å². The molecule has 1 aliphatic rings. The fraction of sp³-hybridized carbons (Fsp3) is 0.389. The largest absolute Gasteiger partial charge is 0.474 e. The summed E-state index contributed by atoms with van der Waals surface area (Å²) >= 11 is 5.72. The first-order valence-electron chi connectivity index (χ1n) is 8.81. The van der Waals surface area contributed by atoms with Crippen LogP contribution in [0.15, 0.2) is 27.8 Å². The number of carbonyl (C=O) groups is 2. The molecule has 154 valence electrons. The molecule has 0 aliphatic heterocycles. The zero-order valence-corrected chi connectivity index (χ0v) is 16.2. The Kier molecular flexibility index (Phi) is 6.23. The fourth-order valence-electron chi connectivity index (χ4n) is 2.83. The van der Waals surface area contributed by atoms with Gasteiger partial charge in [-0.15, -0.1) is 0 Å². The van der Waals surface area contributed by atoms with Crippen molar-refractivity contribution in [3.63, 3.8) is 0 Å². The lowest BCUT2D eigenvalue weighted by molar-refractivity contribution is -0.133. The summed E-state index contributed by atoms with van der Waals surface area (Å²) < 4.78 is 23.4. The predicted molar refractivity (Wildman–Crippen MR) is 98.9 cm³/mol. The van der Waals surface area contributed by atoms with Crippen molar-refractivity contribution < 1.29 is 28.6 Å². The number of carbonyl (C=O) groups excluding carboxylic acids is 2. The molecule has 1 heterocycles. The molecule has 0 spiro atoms. The number of nitrogens with zero attached hydrogens (tertiary/aromatic N) is 3. The van der Waals surface area contributed by atoms with E-state index in [1.54, 1.807) is 0 Å². The number of Topliss-reactive ketones (excluding diaryl/α,β-unsaturated/α-hetero) is 2. The van der Waals surface area contributed by atoms with Gasteiger partial charge in [-0.2, -0.15) is 0 Å². The van der Waals surface area contributed by atoms with Gasteiger partial charge in [0.25, 0.3) is 5.88 Å². The highest BCUT2D eigenvalue weighted by Gasteiger charge is 2.52. The highest BCUT2D eigenvalue weighted by Crippen LogP contribution is 2.48. The Balaban J connectivity index is 1.62. The van der Waals surface area contributed by atoms with E-state index >= 15 is 0 Å². The summed E-state index contributed by atoms with van der Waals surface area (Å²) in [5.41, 5.74) is 1.28. The molecule has 2 N–H and O–H groups in total. The first-order chi connectivity index (χ1) is 13.9. The topological polar surface area (TPSA) is 127 Å². The van der Waals surface area contributed by atoms with E-state index < -0.39 is 11.2 Å². The van der Waals surface area contributed by atoms with Crippen LogP contribution in [0, 0.1) is 11.2 Å². The van der Waals surface area contributed by atoms with Gasteiger partial charge in [-0.1, -0.05) is 11.6 Å². The molecule has 9 nitrogen and oxygen atoms in total. The van der Waals surface area contributed by atoms with Crippen LogP contribution in [0.4, 0.5) is 10.1 Å². The number of ether oxygens (including phenoxy) is 1. The number of halogens is 2. The van der Waals surface area contributed by atoms with E-state index in [1.807, 2.05) is 5.48 Å². The lowest BCUT2D eigenvalue weighted by Gasteiger charge is -2.10. The predicted octanol–water partition coefficient (Wildman–Crippen LogP) is 3.02. The van der Waals surface area contributed by atoms with Gasteiger partial charge in [0.15, 0.2) is 5.84 Å².